The van der Waals surface area contributed by atoms with Crippen LogP contribution in [0.15, 0.2) is 96.3 Å². The van der Waals surface area contributed by atoms with Gasteiger partial charge in [-0.25, -0.2) is 9.07 Å². The topological polar surface area (TPSA) is 88.0 Å². The van der Waals surface area contributed by atoms with Gasteiger partial charge >= 0.3 is 0 Å². The summed E-state index contributed by atoms with van der Waals surface area (Å²) in [5.41, 5.74) is 4.48. The second kappa shape index (κ2) is 9.50. The van der Waals surface area contributed by atoms with E-state index in [2.05, 4.69) is 21.0 Å². The van der Waals surface area contributed by atoms with Gasteiger partial charge in [0.25, 0.3) is 11.8 Å². The Morgan fingerprint density at radius 3 is 2.19 bits per heavy atom. The van der Waals surface area contributed by atoms with Crippen LogP contribution in [0.5, 0.6) is 0 Å². The predicted octanol–water partition coefficient (Wildman–Crippen LogP) is 5.51. The Labute approximate surface area is 207 Å². The third-order valence-electron chi connectivity index (χ3n) is 6.04. The Kier molecular flexibility index (Phi) is 6.08. The van der Waals surface area contributed by atoms with E-state index in [1.165, 1.54) is 30.5 Å². The Bertz CT molecular complexity index is 1460. The van der Waals surface area contributed by atoms with E-state index in [0.717, 1.165) is 11.1 Å². The third-order valence-corrected chi connectivity index (χ3v) is 6.04. The van der Waals surface area contributed by atoms with Crippen molar-refractivity contribution in [3.8, 4) is 0 Å². The SMILES string of the molecule is CC1=C(C(=O)Nc2ccccc2)C(c2ccc(C)cc2)n2ncc(C(=O)Nc3ccc(F)cc3)c2N1. The summed E-state index contributed by atoms with van der Waals surface area (Å²) in [5.74, 6) is -0.590. The minimum atomic E-state index is -0.557. The third kappa shape index (κ3) is 4.48. The summed E-state index contributed by atoms with van der Waals surface area (Å²) in [6, 6.07) is 22.1. The Hall–Kier alpha value is -4.72. The normalized spacial score (nSPS) is 14.6. The highest BCUT2D eigenvalue weighted by Gasteiger charge is 2.35. The number of para-hydroxylation sites is 1. The van der Waals surface area contributed by atoms with E-state index in [1.807, 2.05) is 61.5 Å². The number of nitrogens with zero attached hydrogens (tertiary/aromatic N) is 2. The highest BCUT2D eigenvalue weighted by atomic mass is 19.1. The number of hydrogen-bond acceptors (Lipinski definition) is 4. The van der Waals surface area contributed by atoms with Crippen molar-refractivity contribution < 1.29 is 14.0 Å². The van der Waals surface area contributed by atoms with Crippen LogP contribution in [0.2, 0.25) is 0 Å². The van der Waals surface area contributed by atoms with Gasteiger partial charge in [-0.3, -0.25) is 9.59 Å². The molecule has 1 aliphatic heterocycles. The first-order valence-corrected chi connectivity index (χ1v) is 11.5. The van der Waals surface area contributed by atoms with Crippen molar-refractivity contribution in [3.63, 3.8) is 0 Å². The maximum absolute atomic E-state index is 13.5. The van der Waals surface area contributed by atoms with Crippen molar-refractivity contribution in [2.75, 3.05) is 16.0 Å². The van der Waals surface area contributed by atoms with Crippen molar-refractivity contribution in [1.29, 1.82) is 0 Å². The number of halogens is 1. The average molecular weight is 482 g/mol. The Morgan fingerprint density at radius 1 is 0.861 bits per heavy atom. The molecule has 8 heteroatoms. The Morgan fingerprint density at radius 2 is 1.50 bits per heavy atom. The summed E-state index contributed by atoms with van der Waals surface area (Å²) >= 11 is 0. The van der Waals surface area contributed by atoms with Gasteiger partial charge in [0.2, 0.25) is 0 Å². The number of hydrogen-bond donors (Lipinski definition) is 3. The molecule has 1 unspecified atom stereocenters. The van der Waals surface area contributed by atoms with Crippen molar-refractivity contribution >= 4 is 29.0 Å². The van der Waals surface area contributed by atoms with Crippen LogP contribution in [0.1, 0.15) is 34.5 Å². The van der Waals surface area contributed by atoms with Crippen LogP contribution in [0.3, 0.4) is 0 Å². The summed E-state index contributed by atoms with van der Waals surface area (Å²) in [6.45, 7) is 3.80. The highest BCUT2D eigenvalue weighted by Crippen LogP contribution is 2.38. The van der Waals surface area contributed by atoms with Crippen LogP contribution >= 0.6 is 0 Å². The van der Waals surface area contributed by atoms with E-state index in [4.69, 9.17) is 0 Å². The molecule has 0 saturated carbocycles. The number of benzene rings is 3. The number of anilines is 3. The largest absolute Gasteiger partial charge is 0.343 e. The Balaban J connectivity index is 1.53. The quantitative estimate of drug-likeness (QED) is 0.351. The zero-order valence-electron chi connectivity index (χ0n) is 19.7. The molecule has 3 N–H and O–H groups in total. The molecule has 36 heavy (non-hydrogen) atoms. The smallest absolute Gasteiger partial charge is 0.261 e. The molecule has 2 amide bonds. The van der Waals surface area contributed by atoms with Crippen molar-refractivity contribution in [2.45, 2.75) is 19.9 Å². The van der Waals surface area contributed by atoms with Gasteiger partial charge in [-0.05, 0) is 55.8 Å². The number of rotatable bonds is 5. The van der Waals surface area contributed by atoms with E-state index in [9.17, 15) is 14.0 Å². The second-order valence-corrected chi connectivity index (χ2v) is 8.61. The van der Waals surface area contributed by atoms with Gasteiger partial charge in [-0.1, -0.05) is 48.0 Å². The molecule has 0 bridgehead atoms. The zero-order valence-corrected chi connectivity index (χ0v) is 19.7. The van der Waals surface area contributed by atoms with E-state index >= 15 is 0 Å². The van der Waals surface area contributed by atoms with Crippen LogP contribution in [0.4, 0.5) is 21.6 Å². The van der Waals surface area contributed by atoms with Crippen LogP contribution in [-0.2, 0) is 4.79 Å². The minimum Gasteiger partial charge on any atom is -0.343 e. The predicted molar refractivity (Wildman–Crippen MR) is 137 cm³/mol. The summed E-state index contributed by atoms with van der Waals surface area (Å²) in [4.78, 5) is 26.6. The summed E-state index contributed by atoms with van der Waals surface area (Å²) < 4.78 is 14.9. The number of aromatic nitrogens is 2. The van der Waals surface area contributed by atoms with Gasteiger partial charge in [0.15, 0.2) is 0 Å². The monoisotopic (exact) mass is 481 g/mol. The van der Waals surface area contributed by atoms with E-state index in [0.29, 0.717) is 34.0 Å². The number of carbonyl (C=O) groups is 2. The van der Waals surface area contributed by atoms with Gasteiger partial charge in [-0.15, -0.1) is 0 Å². The molecule has 180 valence electrons. The van der Waals surface area contributed by atoms with Crippen LogP contribution in [0, 0.1) is 12.7 Å². The first-order chi connectivity index (χ1) is 17.4. The fourth-order valence-electron chi connectivity index (χ4n) is 4.22. The van der Waals surface area contributed by atoms with Gasteiger partial charge in [0.1, 0.15) is 23.2 Å². The number of aryl methyl sites for hydroxylation is 1. The number of amides is 2. The standard InChI is InChI=1S/C28H24FN5O2/c1-17-8-10-19(11-9-17)25-24(28(36)33-21-6-4-3-5-7-21)18(2)31-26-23(16-30-34(25)26)27(35)32-22-14-12-20(29)13-15-22/h3-16,25,31H,1-2H3,(H,32,35)(H,33,36). The van der Waals surface area contributed by atoms with Crippen molar-refractivity contribution in [3.05, 3.63) is 119 Å². The molecule has 1 aromatic heterocycles. The van der Waals surface area contributed by atoms with Crippen LogP contribution in [0.25, 0.3) is 0 Å². The molecule has 0 saturated heterocycles. The summed E-state index contributed by atoms with van der Waals surface area (Å²) in [6.07, 6.45) is 1.47. The molecule has 1 atom stereocenters. The minimum absolute atomic E-state index is 0.268. The van der Waals surface area contributed by atoms with Gasteiger partial charge in [0.05, 0.1) is 11.8 Å². The molecule has 7 nitrogen and oxygen atoms in total. The average Bonchev–Trinajstić information content (AvgIpc) is 3.29. The molecule has 0 spiro atoms. The van der Waals surface area contributed by atoms with Crippen molar-refractivity contribution in [1.82, 2.24) is 9.78 Å². The maximum atomic E-state index is 13.5. The fourth-order valence-corrected chi connectivity index (χ4v) is 4.22. The lowest BCUT2D eigenvalue weighted by Crippen LogP contribution is -2.32. The number of nitrogens with one attached hydrogen (secondary N) is 3. The number of allylic oxidation sites excluding steroid dienone is 1. The fraction of sp³-hybridized carbons (Fsp3) is 0.107. The molecule has 2 heterocycles. The highest BCUT2D eigenvalue weighted by molar-refractivity contribution is 6.09. The lowest BCUT2D eigenvalue weighted by atomic mass is 9.94. The summed E-state index contributed by atoms with van der Waals surface area (Å²) in [5, 5.41) is 13.5. The molecular weight excluding hydrogens is 457 g/mol. The first kappa shape index (κ1) is 23.0. The van der Waals surface area contributed by atoms with E-state index in [1.54, 1.807) is 11.6 Å². The zero-order chi connectivity index (χ0) is 25.2. The molecule has 4 aromatic rings. The van der Waals surface area contributed by atoms with Crippen LogP contribution in [-0.4, -0.2) is 21.6 Å². The molecule has 0 radical (unpaired) electrons. The summed E-state index contributed by atoms with van der Waals surface area (Å²) in [7, 11) is 0. The van der Waals surface area contributed by atoms with Crippen molar-refractivity contribution in [2.24, 2.45) is 0 Å². The molecule has 5 rings (SSSR count). The number of fused-ring (bicyclic) bond motifs is 1. The molecular formula is C28H24FN5O2. The van der Waals surface area contributed by atoms with Gasteiger partial charge < -0.3 is 16.0 Å². The van der Waals surface area contributed by atoms with E-state index in [-0.39, 0.29) is 11.7 Å². The van der Waals surface area contributed by atoms with Gasteiger partial charge in [-0.2, -0.15) is 5.10 Å². The lowest BCUT2D eigenvalue weighted by Gasteiger charge is -2.30. The maximum Gasteiger partial charge on any atom is 0.261 e. The molecule has 1 aliphatic rings. The van der Waals surface area contributed by atoms with E-state index < -0.39 is 11.9 Å². The molecule has 0 fully saturated rings. The molecule has 0 aliphatic carbocycles. The first-order valence-electron chi connectivity index (χ1n) is 11.5. The second-order valence-electron chi connectivity index (χ2n) is 8.61. The lowest BCUT2D eigenvalue weighted by molar-refractivity contribution is -0.113. The van der Waals surface area contributed by atoms with Gasteiger partial charge in [0, 0.05) is 17.1 Å². The number of carbonyl (C=O) groups excluding carboxylic acids is 2. The van der Waals surface area contributed by atoms with Crippen LogP contribution < -0.4 is 16.0 Å². The molecule has 3 aromatic carbocycles.